The zero-order chi connectivity index (χ0) is 15.2. The second-order valence-corrected chi connectivity index (χ2v) is 4.65. The molecule has 5 heteroatoms. The van der Waals surface area contributed by atoms with Crippen molar-refractivity contribution in [1.82, 2.24) is 0 Å². The Morgan fingerprint density at radius 2 is 1.90 bits per heavy atom. The highest BCUT2D eigenvalue weighted by atomic mass is 35.5. The van der Waals surface area contributed by atoms with Crippen LogP contribution in [0.25, 0.3) is 0 Å². The standard InChI is InChI=1S/C16H13ClFNO2/c1-2-20-15-8-12(9-19)7-14(17)16(15)21-10-11-3-5-13(18)6-4-11/h3-8H,2,10H2,1H3. The van der Waals surface area contributed by atoms with Crippen LogP contribution in [0.15, 0.2) is 36.4 Å². The van der Waals surface area contributed by atoms with Gasteiger partial charge in [-0.15, -0.1) is 0 Å². The van der Waals surface area contributed by atoms with Crippen LogP contribution >= 0.6 is 11.6 Å². The Morgan fingerprint density at radius 3 is 2.52 bits per heavy atom. The normalized spacial score (nSPS) is 10.0. The topological polar surface area (TPSA) is 42.2 Å². The Bertz CT molecular complexity index is 665. The molecule has 0 aliphatic rings. The van der Waals surface area contributed by atoms with Gasteiger partial charge in [0, 0.05) is 6.07 Å². The summed E-state index contributed by atoms with van der Waals surface area (Å²) in [4.78, 5) is 0. The Balaban J connectivity index is 2.22. The molecule has 0 radical (unpaired) electrons. The van der Waals surface area contributed by atoms with E-state index in [0.29, 0.717) is 28.7 Å². The molecule has 2 aromatic rings. The fraction of sp³-hybridized carbons (Fsp3) is 0.188. The lowest BCUT2D eigenvalue weighted by Gasteiger charge is -2.14. The quantitative estimate of drug-likeness (QED) is 0.825. The van der Waals surface area contributed by atoms with E-state index in [1.165, 1.54) is 18.2 Å². The van der Waals surface area contributed by atoms with Gasteiger partial charge in [-0.1, -0.05) is 23.7 Å². The molecule has 0 amide bonds. The molecule has 0 N–H and O–H groups in total. The summed E-state index contributed by atoms with van der Waals surface area (Å²) >= 11 is 6.12. The van der Waals surface area contributed by atoms with Crippen molar-refractivity contribution in [2.75, 3.05) is 6.61 Å². The van der Waals surface area contributed by atoms with Crippen LogP contribution in [0.4, 0.5) is 4.39 Å². The molecule has 2 aromatic carbocycles. The van der Waals surface area contributed by atoms with E-state index in [9.17, 15) is 4.39 Å². The van der Waals surface area contributed by atoms with Gasteiger partial charge >= 0.3 is 0 Å². The number of rotatable bonds is 5. The number of nitriles is 1. The van der Waals surface area contributed by atoms with Crippen molar-refractivity contribution in [3.8, 4) is 17.6 Å². The Morgan fingerprint density at radius 1 is 1.19 bits per heavy atom. The van der Waals surface area contributed by atoms with Gasteiger partial charge in [0.25, 0.3) is 0 Å². The van der Waals surface area contributed by atoms with Crippen molar-refractivity contribution in [3.63, 3.8) is 0 Å². The third-order valence-corrected chi connectivity index (χ3v) is 3.02. The maximum atomic E-state index is 12.8. The van der Waals surface area contributed by atoms with Crippen LogP contribution < -0.4 is 9.47 Å². The fourth-order valence-corrected chi connectivity index (χ4v) is 2.04. The lowest BCUT2D eigenvalue weighted by molar-refractivity contribution is 0.269. The highest BCUT2D eigenvalue weighted by molar-refractivity contribution is 6.32. The SMILES string of the molecule is CCOc1cc(C#N)cc(Cl)c1OCc1ccc(F)cc1. The molecule has 108 valence electrons. The Labute approximate surface area is 127 Å². The molecule has 3 nitrogen and oxygen atoms in total. The highest BCUT2D eigenvalue weighted by Crippen LogP contribution is 2.37. The van der Waals surface area contributed by atoms with Gasteiger partial charge in [0.2, 0.25) is 0 Å². The molecule has 0 unspecified atom stereocenters. The van der Waals surface area contributed by atoms with E-state index >= 15 is 0 Å². The molecule has 0 saturated carbocycles. The highest BCUT2D eigenvalue weighted by Gasteiger charge is 2.13. The lowest BCUT2D eigenvalue weighted by Crippen LogP contribution is -2.01. The van der Waals surface area contributed by atoms with Crippen molar-refractivity contribution in [3.05, 3.63) is 58.4 Å². The van der Waals surface area contributed by atoms with Gasteiger partial charge < -0.3 is 9.47 Å². The van der Waals surface area contributed by atoms with Crippen LogP contribution in [-0.2, 0) is 6.61 Å². The molecule has 0 atom stereocenters. The van der Waals surface area contributed by atoms with Crippen molar-refractivity contribution >= 4 is 11.6 Å². The average molecular weight is 306 g/mol. The summed E-state index contributed by atoms with van der Waals surface area (Å²) < 4.78 is 24.0. The largest absolute Gasteiger partial charge is 0.490 e. The summed E-state index contributed by atoms with van der Waals surface area (Å²) in [6.07, 6.45) is 0. The van der Waals surface area contributed by atoms with E-state index in [4.69, 9.17) is 26.3 Å². The van der Waals surface area contributed by atoms with E-state index in [1.54, 1.807) is 18.2 Å². The summed E-state index contributed by atoms with van der Waals surface area (Å²) in [6, 6.07) is 11.1. The number of ether oxygens (including phenoxy) is 2. The molecule has 0 spiro atoms. The first-order chi connectivity index (χ1) is 10.1. The first-order valence-corrected chi connectivity index (χ1v) is 6.75. The molecule has 21 heavy (non-hydrogen) atoms. The summed E-state index contributed by atoms with van der Waals surface area (Å²) in [7, 11) is 0. The van der Waals surface area contributed by atoms with Crippen LogP contribution in [0.5, 0.6) is 11.5 Å². The van der Waals surface area contributed by atoms with Crippen molar-refractivity contribution < 1.29 is 13.9 Å². The maximum Gasteiger partial charge on any atom is 0.180 e. The first-order valence-electron chi connectivity index (χ1n) is 6.37. The van der Waals surface area contributed by atoms with Gasteiger partial charge in [-0.25, -0.2) is 4.39 Å². The van der Waals surface area contributed by atoms with Crippen LogP contribution in [0, 0.1) is 17.1 Å². The van der Waals surface area contributed by atoms with Gasteiger partial charge in [-0.3, -0.25) is 0 Å². The first kappa shape index (κ1) is 15.1. The van der Waals surface area contributed by atoms with Crippen LogP contribution in [0.2, 0.25) is 5.02 Å². The molecule has 2 rings (SSSR count). The van der Waals surface area contributed by atoms with E-state index < -0.39 is 0 Å². The third-order valence-electron chi connectivity index (χ3n) is 2.73. The number of hydrogen-bond donors (Lipinski definition) is 0. The van der Waals surface area contributed by atoms with Gasteiger partial charge in [0.05, 0.1) is 23.3 Å². The van der Waals surface area contributed by atoms with Crippen LogP contribution in [-0.4, -0.2) is 6.61 Å². The zero-order valence-corrected chi connectivity index (χ0v) is 12.2. The minimum Gasteiger partial charge on any atom is -0.490 e. The number of benzene rings is 2. The second-order valence-electron chi connectivity index (χ2n) is 4.25. The molecule has 0 aliphatic heterocycles. The number of hydrogen-bond acceptors (Lipinski definition) is 3. The minimum absolute atomic E-state index is 0.228. The predicted molar refractivity (Wildman–Crippen MR) is 78.1 cm³/mol. The molecule has 0 aromatic heterocycles. The summed E-state index contributed by atoms with van der Waals surface area (Å²) in [6.45, 7) is 2.49. The smallest absolute Gasteiger partial charge is 0.180 e. The van der Waals surface area contributed by atoms with Gasteiger partial charge in [0.1, 0.15) is 12.4 Å². The molecule has 0 saturated heterocycles. The lowest BCUT2D eigenvalue weighted by atomic mass is 10.2. The van der Waals surface area contributed by atoms with Gasteiger partial charge in [0.15, 0.2) is 11.5 Å². The van der Waals surface area contributed by atoms with E-state index in [1.807, 2.05) is 13.0 Å². The summed E-state index contributed by atoms with van der Waals surface area (Å²) in [5, 5.41) is 9.24. The minimum atomic E-state index is -0.301. The number of halogens is 2. The van der Waals surface area contributed by atoms with Crippen molar-refractivity contribution in [2.45, 2.75) is 13.5 Å². The fourth-order valence-electron chi connectivity index (χ4n) is 1.77. The molecule has 0 heterocycles. The zero-order valence-electron chi connectivity index (χ0n) is 11.4. The monoisotopic (exact) mass is 305 g/mol. The predicted octanol–water partition coefficient (Wildman–Crippen LogP) is 4.33. The average Bonchev–Trinajstić information content (AvgIpc) is 2.48. The van der Waals surface area contributed by atoms with Gasteiger partial charge in [-0.2, -0.15) is 5.26 Å². The Hall–Kier alpha value is -2.25. The summed E-state index contributed by atoms with van der Waals surface area (Å²) in [5.41, 5.74) is 1.21. The van der Waals surface area contributed by atoms with E-state index in [-0.39, 0.29) is 12.4 Å². The molecular formula is C16H13ClFNO2. The molecular weight excluding hydrogens is 293 g/mol. The van der Waals surface area contributed by atoms with Crippen LogP contribution in [0.1, 0.15) is 18.1 Å². The van der Waals surface area contributed by atoms with Crippen molar-refractivity contribution in [2.24, 2.45) is 0 Å². The number of nitrogens with zero attached hydrogens (tertiary/aromatic N) is 1. The van der Waals surface area contributed by atoms with E-state index in [2.05, 4.69) is 0 Å². The molecule has 0 fully saturated rings. The maximum absolute atomic E-state index is 12.8. The summed E-state index contributed by atoms with van der Waals surface area (Å²) in [5.74, 6) is 0.496. The molecule has 0 bridgehead atoms. The second kappa shape index (κ2) is 6.96. The van der Waals surface area contributed by atoms with Crippen LogP contribution in [0.3, 0.4) is 0 Å². The Kier molecular flexibility index (Phi) is 5.02. The molecule has 0 aliphatic carbocycles. The van der Waals surface area contributed by atoms with Gasteiger partial charge in [-0.05, 0) is 30.7 Å². The third kappa shape index (κ3) is 3.87. The van der Waals surface area contributed by atoms with Crippen molar-refractivity contribution in [1.29, 1.82) is 5.26 Å². The van der Waals surface area contributed by atoms with E-state index in [0.717, 1.165) is 5.56 Å².